The Hall–Kier alpha value is -2.27. The fraction of sp³-hybridized carbons (Fsp3) is 0.176. The van der Waals surface area contributed by atoms with Crippen molar-refractivity contribution < 1.29 is 14.3 Å². The molecule has 0 radical (unpaired) electrons. The maximum atomic E-state index is 12.0. The molecule has 0 atom stereocenters. The van der Waals surface area contributed by atoms with Crippen LogP contribution in [0.4, 0.5) is 5.69 Å². The van der Waals surface area contributed by atoms with Gasteiger partial charge in [0.1, 0.15) is 5.75 Å². The number of hydrogen-bond donors (Lipinski definition) is 1. The topological polar surface area (TPSA) is 55.4 Å². The largest absolute Gasteiger partial charge is 0.497 e. The molecule has 22 heavy (non-hydrogen) atoms. The molecule has 0 aliphatic heterocycles. The molecule has 0 unspecified atom stereocenters. The number of hydrogen-bond acceptors (Lipinski definition) is 4. The van der Waals surface area contributed by atoms with Crippen LogP contribution in [0.15, 0.2) is 54.6 Å². The number of ether oxygens (including phenoxy) is 1. The number of nitrogens with one attached hydrogen (secondary N) is 1. The summed E-state index contributed by atoms with van der Waals surface area (Å²) < 4.78 is 5.09. The zero-order valence-electron chi connectivity index (χ0n) is 12.2. The summed E-state index contributed by atoms with van der Waals surface area (Å²) in [5.74, 6) is 1.02. The third-order valence-electron chi connectivity index (χ3n) is 2.92. The second kappa shape index (κ2) is 8.24. The number of anilines is 1. The Morgan fingerprint density at radius 2 is 1.82 bits per heavy atom. The van der Waals surface area contributed by atoms with E-state index in [1.807, 2.05) is 30.3 Å². The van der Waals surface area contributed by atoms with E-state index in [0.29, 0.717) is 11.3 Å². The number of methoxy groups -OCH3 is 1. The zero-order valence-corrected chi connectivity index (χ0v) is 13.1. The number of benzene rings is 2. The lowest BCUT2D eigenvalue weighted by atomic mass is 10.1. The maximum Gasteiger partial charge on any atom is 0.234 e. The first-order valence-corrected chi connectivity index (χ1v) is 7.94. The highest BCUT2D eigenvalue weighted by atomic mass is 32.2. The van der Waals surface area contributed by atoms with Gasteiger partial charge in [-0.25, -0.2) is 0 Å². The molecule has 5 heteroatoms. The first-order chi connectivity index (χ1) is 10.7. The SMILES string of the molecule is COc1cccc(C(=O)CSCC(=O)Nc2ccccc2)c1. The molecule has 2 rings (SSSR count). The van der Waals surface area contributed by atoms with Crippen molar-refractivity contribution in [3.05, 3.63) is 60.2 Å². The summed E-state index contributed by atoms with van der Waals surface area (Å²) in [5.41, 5.74) is 1.35. The number of thioether (sulfide) groups is 1. The number of para-hydroxylation sites is 1. The minimum Gasteiger partial charge on any atom is -0.497 e. The number of ketones is 1. The highest BCUT2D eigenvalue weighted by Crippen LogP contribution is 2.15. The van der Waals surface area contributed by atoms with Crippen LogP contribution in [0.5, 0.6) is 5.75 Å². The fourth-order valence-corrected chi connectivity index (χ4v) is 2.55. The number of carbonyl (C=O) groups excluding carboxylic acids is 2. The van der Waals surface area contributed by atoms with E-state index in [-0.39, 0.29) is 23.2 Å². The Kier molecular flexibility index (Phi) is 6.03. The van der Waals surface area contributed by atoms with Crippen LogP contribution in [0.3, 0.4) is 0 Å². The van der Waals surface area contributed by atoms with Gasteiger partial charge in [0.05, 0.1) is 18.6 Å². The molecule has 0 bridgehead atoms. The predicted molar refractivity (Wildman–Crippen MR) is 89.7 cm³/mol. The first kappa shape index (κ1) is 16.1. The monoisotopic (exact) mass is 315 g/mol. The Balaban J connectivity index is 1.78. The molecule has 114 valence electrons. The molecule has 0 heterocycles. The average molecular weight is 315 g/mol. The molecule has 0 aliphatic rings. The van der Waals surface area contributed by atoms with Gasteiger partial charge in [-0.2, -0.15) is 0 Å². The lowest BCUT2D eigenvalue weighted by molar-refractivity contribution is -0.113. The summed E-state index contributed by atoms with van der Waals surface area (Å²) in [6.45, 7) is 0. The Morgan fingerprint density at radius 1 is 1.05 bits per heavy atom. The third kappa shape index (κ3) is 4.93. The van der Waals surface area contributed by atoms with Gasteiger partial charge in [0.2, 0.25) is 5.91 Å². The summed E-state index contributed by atoms with van der Waals surface area (Å²) in [5, 5.41) is 2.78. The fourth-order valence-electron chi connectivity index (χ4n) is 1.83. The minimum absolute atomic E-state index is 0.0172. The standard InChI is InChI=1S/C17H17NO3S/c1-21-15-9-5-6-13(10-15)16(19)11-22-12-17(20)18-14-7-3-2-4-8-14/h2-10H,11-12H2,1H3,(H,18,20). The van der Waals surface area contributed by atoms with Gasteiger partial charge in [-0.3, -0.25) is 9.59 Å². The van der Waals surface area contributed by atoms with E-state index in [0.717, 1.165) is 5.69 Å². The zero-order chi connectivity index (χ0) is 15.8. The second-order valence-corrected chi connectivity index (χ2v) is 5.55. The van der Waals surface area contributed by atoms with Gasteiger partial charge in [-0.15, -0.1) is 11.8 Å². The Morgan fingerprint density at radius 3 is 2.55 bits per heavy atom. The predicted octanol–water partition coefficient (Wildman–Crippen LogP) is 3.25. The molecular weight excluding hydrogens is 298 g/mol. The van der Waals surface area contributed by atoms with E-state index in [1.165, 1.54) is 11.8 Å². The molecule has 0 aromatic heterocycles. The summed E-state index contributed by atoms with van der Waals surface area (Å²) >= 11 is 1.29. The minimum atomic E-state index is -0.116. The number of carbonyl (C=O) groups is 2. The van der Waals surface area contributed by atoms with Crippen LogP contribution in [-0.4, -0.2) is 30.3 Å². The molecular formula is C17H17NO3S. The summed E-state index contributed by atoms with van der Waals surface area (Å²) in [4.78, 5) is 23.8. The van der Waals surface area contributed by atoms with Crippen molar-refractivity contribution in [1.29, 1.82) is 0 Å². The van der Waals surface area contributed by atoms with Crippen molar-refractivity contribution in [3.63, 3.8) is 0 Å². The molecule has 0 saturated carbocycles. The van der Waals surface area contributed by atoms with E-state index in [2.05, 4.69) is 5.32 Å². The Labute approximate surface area is 133 Å². The van der Waals surface area contributed by atoms with E-state index < -0.39 is 0 Å². The van der Waals surface area contributed by atoms with Crippen LogP contribution < -0.4 is 10.1 Å². The van der Waals surface area contributed by atoms with Gasteiger partial charge in [-0.1, -0.05) is 30.3 Å². The summed E-state index contributed by atoms with van der Waals surface area (Å²) in [6, 6.07) is 16.3. The molecule has 1 amide bonds. The Bertz CT molecular complexity index is 643. The summed E-state index contributed by atoms with van der Waals surface area (Å²) in [7, 11) is 1.56. The van der Waals surface area contributed by atoms with Crippen molar-refractivity contribution in [2.45, 2.75) is 0 Å². The smallest absolute Gasteiger partial charge is 0.234 e. The van der Waals surface area contributed by atoms with Crippen LogP contribution in [0.25, 0.3) is 0 Å². The van der Waals surface area contributed by atoms with Crippen LogP contribution in [0.2, 0.25) is 0 Å². The highest BCUT2D eigenvalue weighted by molar-refractivity contribution is 8.00. The van der Waals surface area contributed by atoms with Gasteiger partial charge in [0, 0.05) is 11.3 Å². The lowest BCUT2D eigenvalue weighted by Crippen LogP contribution is -2.15. The van der Waals surface area contributed by atoms with Crippen molar-refractivity contribution in [2.75, 3.05) is 23.9 Å². The number of rotatable bonds is 7. The highest BCUT2D eigenvalue weighted by Gasteiger charge is 2.09. The molecule has 2 aromatic rings. The van der Waals surface area contributed by atoms with Crippen LogP contribution in [-0.2, 0) is 4.79 Å². The maximum absolute atomic E-state index is 12.0. The van der Waals surface area contributed by atoms with E-state index in [1.54, 1.807) is 31.4 Å². The van der Waals surface area contributed by atoms with Crippen LogP contribution >= 0.6 is 11.8 Å². The summed E-state index contributed by atoms with van der Waals surface area (Å²) in [6.07, 6.45) is 0. The van der Waals surface area contributed by atoms with E-state index in [4.69, 9.17) is 4.74 Å². The quantitative estimate of drug-likeness (QED) is 0.797. The van der Waals surface area contributed by atoms with E-state index in [9.17, 15) is 9.59 Å². The molecule has 1 N–H and O–H groups in total. The molecule has 2 aromatic carbocycles. The lowest BCUT2D eigenvalue weighted by Gasteiger charge is -2.05. The average Bonchev–Trinajstić information content (AvgIpc) is 2.55. The molecule has 4 nitrogen and oxygen atoms in total. The molecule has 0 fully saturated rings. The number of Topliss-reactive ketones (excluding diaryl/α,β-unsaturated/α-hetero) is 1. The normalized spacial score (nSPS) is 10.0. The first-order valence-electron chi connectivity index (χ1n) is 6.79. The van der Waals surface area contributed by atoms with Crippen molar-refractivity contribution in [2.24, 2.45) is 0 Å². The van der Waals surface area contributed by atoms with E-state index >= 15 is 0 Å². The van der Waals surface area contributed by atoms with Crippen molar-refractivity contribution >= 4 is 29.1 Å². The molecule has 0 aliphatic carbocycles. The van der Waals surface area contributed by atoms with Crippen LogP contribution in [0, 0.1) is 0 Å². The number of amides is 1. The molecule has 0 spiro atoms. The van der Waals surface area contributed by atoms with Gasteiger partial charge in [0.25, 0.3) is 0 Å². The van der Waals surface area contributed by atoms with Gasteiger partial charge >= 0.3 is 0 Å². The third-order valence-corrected chi connectivity index (χ3v) is 3.85. The van der Waals surface area contributed by atoms with Crippen molar-refractivity contribution in [3.8, 4) is 5.75 Å². The van der Waals surface area contributed by atoms with Gasteiger partial charge < -0.3 is 10.1 Å². The molecule has 0 saturated heterocycles. The van der Waals surface area contributed by atoms with Gasteiger partial charge in [0.15, 0.2) is 5.78 Å². The second-order valence-electron chi connectivity index (χ2n) is 4.56. The van der Waals surface area contributed by atoms with Gasteiger partial charge in [-0.05, 0) is 24.3 Å². The van der Waals surface area contributed by atoms with Crippen LogP contribution in [0.1, 0.15) is 10.4 Å². The van der Waals surface area contributed by atoms with Crippen molar-refractivity contribution in [1.82, 2.24) is 0 Å².